The number of benzene rings is 2. The molecule has 0 radical (unpaired) electrons. The summed E-state index contributed by atoms with van der Waals surface area (Å²) in [6, 6.07) is 11.4. The third-order valence-corrected chi connectivity index (χ3v) is 4.75. The Morgan fingerprint density at radius 3 is 2.79 bits per heavy atom. The number of carbonyl (C=O) groups excluding carboxylic acids is 1. The van der Waals surface area contributed by atoms with E-state index in [0.717, 1.165) is 0 Å². The molecule has 0 atom stereocenters. The zero-order chi connectivity index (χ0) is 23.4. The van der Waals surface area contributed by atoms with Crippen molar-refractivity contribution in [2.75, 3.05) is 5.32 Å². The summed E-state index contributed by atoms with van der Waals surface area (Å²) < 4.78 is 21.4. The van der Waals surface area contributed by atoms with Gasteiger partial charge in [-0.1, -0.05) is 29.8 Å². The zero-order valence-corrected chi connectivity index (χ0v) is 17.5. The Hall–Kier alpha value is -4.32. The van der Waals surface area contributed by atoms with Crippen molar-refractivity contribution in [3.05, 3.63) is 93.3 Å². The summed E-state index contributed by atoms with van der Waals surface area (Å²) in [7, 11) is 0. The molecule has 0 saturated heterocycles. The molecule has 11 nitrogen and oxygen atoms in total. The first-order valence-electron chi connectivity index (χ1n) is 9.43. The van der Waals surface area contributed by atoms with Gasteiger partial charge in [0.05, 0.1) is 11.5 Å². The fourth-order valence-corrected chi connectivity index (χ4v) is 3.07. The van der Waals surface area contributed by atoms with Gasteiger partial charge in [-0.05, 0) is 29.8 Å². The van der Waals surface area contributed by atoms with E-state index in [1.54, 1.807) is 6.07 Å². The number of halogens is 2. The Morgan fingerprint density at radius 1 is 1.18 bits per heavy atom. The first kappa shape index (κ1) is 21.9. The third kappa shape index (κ3) is 5.30. The van der Waals surface area contributed by atoms with Gasteiger partial charge in [0.2, 0.25) is 5.95 Å². The number of nitrogens with zero attached hydrogens (tertiary/aromatic N) is 6. The Labute approximate surface area is 190 Å². The Morgan fingerprint density at radius 2 is 2.00 bits per heavy atom. The van der Waals surface area contributed by atoms with E-state index in [0.29, 0.717) is 5.56 Å². The monoisotopic (exact) mass is 471 g/mol. The first-order valence-corrected chi connectivity index (χ1v) is 9.81. The topological polar surface area (TPSA) is 130 Å². The van der Waals surface area contributed by atoms with Crippen LogP contribution in [-0.4, -0.2) is 35.4 Å². The van der Waals surface area contributed by atoms with E-state index in [2.05, 4.69) is 20.5 Å². The number of nitrogens with one attached hydrogen (secondary N) is 1. The molecule has 2 heterocycles. The number of aromatic nitrogens is 5. The summed E-state index contributed by atoms with van der Waals surface area (Å²) in [5.74, 6) is -0.872. The predicted molar refractivity (Wildman–Crippen MR) is 114 cm³/mol. The van der Waals surface area contributed by atoms with Crippen LogP contribution in [0, 0.1) is 15.9 Å². The number of hydrogen-bond acceptors (Lipinski definition) is 7. The minimum atomic E-state index is -0.558. The van der Waals surface area contributed by atoms with Crippen molar-refractivity contribution in [2.45, 2.75) is 13.3 Å². The van der Waals surface area contributed by atoms with Gasteiger partial charge < -0.3 is 4.74 Å². The molecule has 33 heavy (non-hydrogen) atoms. The van der Waals surface area contributed by atoms with Crippen LogP contribution in [0.1, 0.15) is 16.1 Å². The van der Waals surface area contributed by atoms with Gasteiger partial charge in [0, 0.05) is 17.3 Å². The quantitative estimate of drug-likeness (QED) is 0.307. The van der Waals surface area contributed by atoms with Gasteiger partial charge >= 0.3 is 5.69 Å². The van der Waals surface area contributed by atoms with Crippen LogP contribution in [0.15, 0.2) is 61.1 Å². The lowest BCUT2D eigenvalue weighted by Gasteiger charge is -2.06. The summed E-state index contributed by atoms with van der Waals surface area (Å²) >= 11 is 6.02. The molecule has 0 fully saturated rings. The number of nitro benzene ring substituents is 1. The molecule has 2 aromatic carbocycles. The highest BCUT2D eigenvalue weighted by Crippen LogP contribution is 2.26. The van der Waals surface area contributed by atoms with Crippen molar-refractivity contribution in [1.82, 2.24) is 24.5 Å². The van der Waals surface area contributed by atoms with E-state index in [1.165, 1.54) is 64.4 Å². The number of carbonyl (C=O) groups is 1. The highest BCUT2D eigenvalue weighted by molar-refractivity contribution is 6.31. The number of amides is 1. The van der Waals surface area contributed by atoms with Gasteiger partial charge in [-0.25, -0.2) is 18.7 Å². The Bertz CT molecular complexity index is 1320. The van der Waals surface area contributed by atoms with Crippen LogP contribution in [0.25, 0.3) is 0 Å². The molecular formula is C20H15ClFN7O4. The predicted octanol–water partition coefficient (Wildman–Crippen LogP) is 3.51. The highest BCUT2D eigenvalue weighted by atomic mass is 35.5. The molecular weight excluding hydrogens is 457 g/mol. The lowest BCUT2D eigenvalue weighted by molar-refractivity contribution is -0.386. The fraction of sp³-hybridized carbons (Fsp3) is 0.100. The SMILES string of the molecule is O=C(Nc1ncn(Cc2ccc(F)cc2Cl)n1)c1ccn(COc2ccccc2[N+](=O)[O-])n1. The van der Waals surface area contributed by atoms with Crippen molar-refractivity contribution in [2.24, 2.45) is 0 Å². The molecule has 0 aliphatic rings. The smallest absolute Gasteiger partial charge is 0.311 e. The summed E-state index contributed by atoms with van der Waals surface area (Å²) in [6.45, 7) is 0.100. The maximum Gasteiger partial charge on any atom is 0.311 e. The van der Waals surface area contributed by atoms with E-state index >= 15 is 0 Å². The molecule has 4 rings (SSSR count). The molecule has 0 aliphatic carbocycles. The molecule has 13 heteroatoms. The van der Waals surface area contributed by atoms with Crippen molar-refractivity contribution in [3.8, 4) is 5.75 Å². The van der Waals surface area contributed by atoms with Gasteiger partial charge in [-0.2, -0.15) is 5.10 Å². The molecule has 1 N–H and O–H groups in total. The van der Waals surface area contributed by atoms with Crippen LogP contribution >= 0.6 is 11.6 Å². The number of ether oxygens (including phenoxy) is 1. The summed E-state index contributed by atoms with van der Waals surface area (Å²) in [6.07, 6.45) is 2.89. The average Bonchev–Trinajstić information content (AvgIpc) is 3.44. The van der Waals surface area contributed by atoms with Gasteiger partial charge in [0.15, 0.2) is 18.2 Å². The molecule has 0 saturated carbocycles. The largest absolute Gasteiger partial charge is 0.464 e. The minimum absolute atomic E-state index is 0.0453. The van der Waals surface area contributed by atoms with E-state index in [9.17, 15) is 19.3 Å². The Kier molecular flexibility index (Phi) is 6.26. The summed E-state index contributed by atoms with van der Waals surface area (Å²) in [5.41, 5.74) is 0.531. The van der Waals surface area contributed by atoms with Crippen LogP contribution < -0.4 is 10.1 Å². The van der Waals surface area contributed by atoms with Crippen LogP contribution in [0.4, 0.5) is 16.0 Å². The van der Waals surface area contributed by atoms with E-state index in [4.69, 9.17) is 16.3 Å². The number of rotatable bonds is 8. The van der Waals surface area contributed by atoms with Crippen LogP contribution in [-0.2, 0) is 13.3 Å². The lowest BCUT2D eigenvalue weighted by Crippen LogP contribution is -2.15. The zero-order valence-electron chi connectivity index (χ0n) is 16.8. The minimum Gasteiger partial charge on any atom is -0.464 e. The standard InChI is InChI=1S/C20H15ClFN7O4/c21-15-9-14(22)6-5-13(15)10-28-11-23-20(26-28)24-19(30)16-7-8-27(25-16)12-33-18-4-2-1-3-17(18)29(31)32/h1-9,11H,10,12H2,(H,24,26,30). The summed E-state index contributed by atoms with van der Waals surface area (Å²) in [4.78, 5) is 27.0. The van der Waals surface area contributed by atoms with Crippen molar-refractivity contribution < 1.29 is 18.8 Å². The van der Waals surface area contributed by atoms with E-state index < -0.39 is 16.6 Å². The summed E-state index contributed by atoms with van der Waals surface area (Å²) in [5, 5.41) is 22.0. The highest BCUT2D eigenvalue weighted by Gasteiger charge is 2.16. The lowest BCUT2D eigenvalue weighted by atomic mass is 10.2. The molecule has 1 amide bonds. The van der Waals surface area contributed by atoms with Crippen LogP contribution in [0.2, 0.25) is 5.02 Å². The molecule has 0 bridgehead atoms. The van der Waals surface area contributed by atoms with Crippen LogP contribution in [0.5, 0.6) is 5.75 Å². The Balaban J connectivity index is 1.36. The molecule has 4 aromatic rings. The van der Waals surface area contributed by atoms with Gasteiger partial charge in [0.1, 0.15) is 12.1 Å². The van der Waals surface area contributed by atoms with Crippen LogP contribution in [0.3, 0.4) is 0 Å². The fourth-order valence-electron chi connectivity index (χ4n) is 2.84. The molecule has 0 spiro atoms. The number of hydrogen-bond donors (Lipinski definition) is 1. The van der Waals surface area contributed by atoms with Crippen molar-refractivity contribution >= 4 is 29.1 Å². The maximum absolute atomic E-state index is 13.2. The van der Waals surface area contributed by atoms with Gasteiger partial charge in [-0.15, -0.1) is 5.10 Å². The second kappa shape index (κ2) is 9.44. The number of para-hydroxylation sites is 2. The molecule has 2 aromatic heterocycles. The second-order valence-corrected chi connectivity index (χ2v) is 7.10. The first-order chi connectivity index (χ1) is 15.9. The van der Waals surface area contributed by atoms with Crippen molar-refractivity contribution in [1.29, 1.82) is 0 Å². The molecule has 0 aliphatic heterocycles. The second-order valence-electron chi connectivity index (χ2n) is 6.69. The van der Waals surface area contributed by atoms with Gasteiger partial charge in [-0.3, -0.25) is 20.2 Å². The van der Waals surface area contributed by atoms with Gasteiger partial charge in [0.25, 0.3) is 5.91 Å². The maximum atomic E-state index is 13.2. The average molecular weight is 472 g/mol. The number of anilines is 1. The van der Waals surface area contributed by atoms with E-state index in [-0.39, 0.29) is 41.4 Å². The third-order valence-electron chi connectivity index (χ3n) is 4.40. The van der Waals surface area contributed by atoms with Crippen molar-refractivity contribution in [3.63, 3.8) is 0 Å². The number of nitro groups is 1. The molecule has 0 unspecified atom stereocenters. The van der Waals surface area contributed by atoms with E-state index in [1.807, 2.05) is 0 Å². The normalized spacial score (nSPS) is 10.7. The molecule has 168 valence electrons.